The third kappa shape index (κ3) is 5.29. The summed E-state index contributed by atoms with van der Waals surface area (Å²) in [6.45, 7) is 6.81. The van der Waals surface area contributed by atoms with E-state index in [2.05, 4.69) is 123 Å². The third-order valence-electron chi connectivity index (χ3n) is 6.11. The molecule has 3 rings (SSSR count). The Labute approximate surface area is 184 Å². The summed E-state index contributed by atoms with van der Waals surface area (Å²) in [5.41, 5.74) is 5.02. The molecule has 1 atom stereocenters. The van der Waals surface area contributed by atoms with E-state index < -0.39 is 0 Å². The van der Waals surface area contributed by atoms with E-state index in [0.717, 1.165) is 19.3 Å². The van der Waals surface area contributed by atoms with Crippen LogP contribution in [0.4, 0.5) is 0 Å². The average molecular weight is 400 g/mol. The van der Waals surface area contributed by atoms with E-state index in [1.54, 1.807) is 0 Å². The van der Waals surface area contributed by atoms with Gasteiger partial charge in [-0.1, -0.05) is 111 Å². The monoisotopic (exact) mass is 399 g/mol. The smallest absolute Gasteiger partial charge is 0.0488 e. The second kappa shape index (κ2) is 10.9. The maximum absolute atomic E-state index is 4.53. The quantitative estimate of drug-likeness (QED) is 0.269. The number of benzene rings is 3. The van der Waals surface area contributed by atoms with Crippen LogP contribution in [0.15, 0.2) is 103 Å². The molecule has 0 aliphatic heterocycles. The summed E-state index contributed by atoms with van der Waals surface area (Å²) in [4.78, 5) is 2.28. The second-order valence-corrected chi connectivity index (χ2v) is 8.28. The van der Waals surface area contributed by atoms with Crippen LogP contribution in [0.25, 0.3) is 0 Å². The highest BCUT2D eigenvalue weighted by Crippen LogP contribution is 2.44. The fourth-order valence-electron chi connectivity index (χ4n) is 4.11. The molecule has 30 heavy (non-hydrogen) atoms. The molecule has 0 aliphatic carbocycles. The lowest BCUT2D eigenvalue weighted by atomic mass is 9.65. The van der Waals surface area contributed by atoms with Gasteiger partial charge in [-0.15, -0.1) is 0 Å². The molecule has 0 fully saturated rings. The predicted octanol–water partition coefficient (Wildman–Crippen LogP) is 7.33. The summed E-state index contributed by atoms with van der Waals surface area (Å²) in [5.74, 6) is 0. The first-order valence-corrected chi connectivity index (χ1v) is 10.5. The Morgan fingerprint density at radius 2 is 1.13 bits per heavy atom. The van der Waals surface area contributed by atoms with Gasteiger partial charge in [0.25, 0.3) is 0 Å². The summed E-state index contributed by atoms with van der Waals surface area (Å²) in [6.07, 6.45) is 3.07. The van der Waals surface area contributed by atoms with Gasteiger partial charge in [0.1, 0.15) is 0 Å². The highest BCUT2D eigenvalue weighted by Gasteiger charge is 2.36. The molecule has 3 aromatic carbocycles. The number of hydrogen-bond donors (Lipinski definition) is 0. The van der Waals surface area contributed by atoms with Gasteiger partial charge in [-0.05, 0) is 57.0 Å². The van der Waals surface area contributed by atoms with Gasteiger partial charge < -0.3 is 4.90 Å². The number of rotatable bonds is 9. The van der Waals surface area contributed by atoms with Crippen molar-refractivity contribution in [3.8, 4) is 0 Å². The first-order chi connectivity index (χ1) is 14.0. The maximum atomic E-state index is 4.53. The van der Waals surface area contributed by atoms with Crippen molar-refractivity contribution in [1.29, 1.82) is 0 Å². The van der Waals surface area contributed by atoms with E-state index in [0.29, 0.717) is 6.04 Å². The van der Waals surface area contributed by atoms with Crippen molar-refractivity contribution < 1.29 is 0 Å². The molecule has 158 valence electrons. The number of hydrogen-bond acceptors (Lipinski definition) is 1. The Morgan fingerprint density at radius 1 is 0.767 bits per heavy atom. The van der Waals surface area contributed by atoms with E-state index in [4.69, 9.17) is 0 Å². The zero-order valence-corrected chi connectivity index (χ0v) is 18.0. The minimum absolute atomic E-state index is 0. The van der Waals surface area contributed by atoms with Gasteiger partial charge in [0.2, 0.25) is 0 Å². The molecule has 0 spiro atoms. The lowest BCUT2D eigenvalue weighted by Gasteiger charge is -2.37. The van der Waals surface area contributed by atoms with Crippen molar-refractivity contribution in [3.05, 3.63) is 120 Å². The second-order valence-electron chi connectivity index (χ2n) is 8.28. The summed E-state index contributed by atoms with van der Waals surface area (Å²) < 4.78 is 0. The van der Waals surface area contributed by atoms with Crippen molar-refractivity contribution in [1.82, 2.24) is 4.90 Å². The predicted molar refractivity (Wildman–Crippen MR) is 132 cm³/mol. The minimum Gasteiger partial charge on any atom is -0.307 e. The van der Waals surface area contributed by atoms with Gasteiger partial charge in [-0.25, -0.2) is 0 Å². The molecule has 0 bridgehead atoms. The van der Waals surface area contributed by atoms with Crippen LogP contribution in [0.1, 0.15) is 50.3 Å². The maximum Gasteiger partial charge on any atom is 0.0488 e. The van der Waals surface area contributed by atoms with Gasteiger partial charge in [0.05, 0.1) is 0 Å². The van der Waals surface area contributed by atoms with Crippen molar-refractivity contribution in [2.75, 3.05) is 14.1 Å². The molecule has 0 saturated heterocycles. The minimum atomic E-state index is -0.234. The molecular formula is C29H37N. The van der Waals surface area contributed by atoms with Gasteiger partial charge in [-0.3, -0.25) is 0 Å². The average Bonchev–Trinajstić information content (AvgIpc) is 2.77. The molecule has 0 aliphatic rings. The highest BCUT2D eigenvalue weighted by molar-refractivity contribution is 5.51. The zero-order chi connectivity index (χ0) is 20.7. The van der Waals surface area contributed by atoms with Crippen LogP contribution in [0.5, 0.6) is 0 Å². The van der Waals surface area contributed by atoms with E-state index in [1.165, 1.54) is 22.3 Å². The normalized spacial score (nSPS) is 12.3. The lowest BCUT2D eigenvalue weighted by Crippen LogP contribution is -2.30. The van der Waals surface area contributed by atoms with E-state index in [9.17, 15) is 0 Å². The Balaban J connectivity index is 0.00000320. The zero-order valence-electron chi connectivity index (χ0n) is 18.0. The fraction of sp³-hybridized carbons (Fsp3) is 0.310. The van der Waals surface area contributed by atoms with E-state index >= 15 is 0 Å². The summed E-state index contributed by atoms with van der Waals surface area (Å²) in [7, 11) is 4.30. The van der Waals surface area contributed by atoms with E-state index in [-0.39, 0.29) is 12.8 Å². The molecule has 0 amide bonds. The Kier molecular flexibility index (Phi) is 8.62. The van der Waals surface area contributed by atoms with Crippen LogP contribution in [0.3, 0.4) is 0 Å². The van der Waals surface area contributed by atoms with Crippen molar-refractivity contribution in [2.45, 2.75) is 45.1 Å². The summed E-state index contributed by atoms with van der Waals surface area (Å²) >= 11 is 0. The van der Waals surface area contributed by atoms with Gasteiger partial charge in [-0.2, -0.15) is 0 Å². The van der Waals surface area contributed by atoms with Crippen molar-refractivity contribution >= 4 is 0 Å². The number of allylic oxidation sites excluding steroid dienone is 1. The SMILES string of the molecule is C.C=C(CC[C@@H](C)N(C)C)CC(c1ccccc1)(c1ccccc1)c1ccccc1. The molecule has 1 heteroatoms. The summed E-state index contributed by atoms with van der Waals surface area (Å²) in [6, 6.07) is 33.3. The summed E-state index contributed by atoms with van der Waals surface area (Å²) in [5, 5.41) is 0. The van der Waals surface area contributed by atoms with Gasteiger partial charge in [0, 0.05) is 11.5 Å². The molecule has 3 aromatic rings. The van der Waals surface area contributed by atoms with Crippen LogP contribution in [0, 0.1) is 0 Å². The fourth-order valence-corrected chi connectivity index (χ4v) is 4.11. The lowest BCUT2D eigenvalue weighted by molar-refractivity contribution is 0.297. The van der Waals surface area contributed by atoms with Crippen LogP contribution >= 0.6 is 0 Å². The molecular weight excluding hydrogens is 362 g/mol. The molecule has 0 heterocycles. The first-order valence-electron chi connectivity index (χ1n) is 10.5. The standard InChI is InChI=1S/C28H33N.CH4/c1-23(20-21-24(2)29(3)4)22-28(25-14-8-5-9-15-25,26-16-10-6-11-17-26)27-18-12-7-13-19-27;/h5-19,24H,1,20-22H2,2-4H3;1H4/t24-;/m1./s1. The number of nitrogens with zero attached hydrogens (tertiary/aromatic N) is 1. The Morgan fingerprint density at radius 3 is 1.47 bits per heavy atom. The molecule has 0 saturated carbocycles. The Hall–Kier alpha value is -2.64. The largest absolute Gasteiger partial charge is 0.307 e. The van der Waals surface area contributed by atoms with Gasteiger partial charge in [0.15, 0.2) is 0 Å². The topological polar surface area (TPSA) is 3.24 Å². The first kappa shape index (κ1) is 23.6. The van der Waals surface area contributed by atoms with Crippen LogP contribution < -0.4 is 0 Å². The molecule has 0 N–H and O–H groups in total. The van der Waals surface area contributed by atoms with Crippen LogP contribution in [0.2, 0.25) is 0 Å². The van der Waals surface area contributed by atoms with Crippen molar-refractivity contribution in [3.63, 3.8) is 0 Å². The Bertz CT molecular complexity index is 785. The third-order valence-corrected chi connectivity index (χ3v) is 6.11. The molecule has 0 radical (unpaired) electrons. The van der Waals surface area contributed by atoms with E-state index in [1.807, 2.05) is 0 Å². The van der Waals surface area contributed by atoms with Crippen molar-refractivity contribution in [2.24, 2.45) is 0 Å². The van der Waals surface area contributed by atoms with Crippen LogP contribution in [-0.4, -0.2) is 25.0 Å². The molecule has 0 unspecified atom stereocenters. The van der Waals surface area contributed by atoms with Crippen LogP contribution in [-0.2, 0) is 5.41 Å². The molecule has 1 nitrogen and oxygen atoms in total. The highest BCUT2D eigenvalue weighted by atomic mass is 15.1. The van der Waals surface area contributed by atoms with Gasteiger partial charge >= 0.3 is 0 Å². The molecule has 0 aromatic heterocycles.